The average molecular weight is 364 g/mol. The minimum Gasteiger partial charge on any atom is -0.369 e. The minimum absolute atomic E-state index is 0.0738. The van der Waals surface area contributed by atoms with Gasteiger partial charge in [-0.05, 0) is 61.6 Å². The van der Waals surface area contributed by atoms with E-state index in [0.29, 0.717) is 6.42 Å². The van der Waals surface area contributed by atoms with Crippen LogP contribution in [-0.4, -0.2) is 48.0 Å². The number of aromatic nitrogens is 1. The molecule has 2 fully saturated rings. The highest BCUT2D eigenvalue weighted by molar-refractivity contribution is 5.90. The lowest BCUT2D eigenvalue weighted by atomic mass is 10.1. The second-order valence-electron chi connectivity index (χ2n) is 7.56. The lowest BCUT2D eigenvalue weighted by Crippen LogP contribution is -2.47. The summed E-state index contributed by atoms with van der Waals surface area (Å²) in [6.45, 7) is 4.52. The summed E-state index contributed by atoms with van der Waals surface area (Å²) in [5, 5.41) is 3.01. The van der Waals surface area contributed by atoms with E-state index in [4.69, 9.17) is 0 Å². The smallest absolute Gasteiger partial charge is 0.224 e. The minimum atomic E-state index is 0.0738. The molecule has 1 aliphatic heterocycles. The van der Waals surface area contributed by atoms with Crippen LogP contribution in [0.4, 0.5) is 11.4 Å². The van der Waals surface area contributed by atoms with Crippen molar-refractivity contribution in [3.05, 3.63) is 54.4 Å². The van der Waals surface area contributed by atoms with Crippen molar-refractivity contribution in [3.63, 3.8) is 0 Å². The molecule has 2 aromatic rings. The molecule has 27 heavy (non-hydrogen) atoms. The van der Waals surface area contributed by atoms with Gasteiger partial charge < -0.3 is 10.2 Å². The zero-order valence-electron chi connectivity index (χ0n) is 15.8. The van der Waals surface area contributed by atoms with Crippen LogP contribution in [0.1, 0.15) is 31.2 Å². The number of amides is 1. The molecule has 0 unspecified atom stereocenters. The van der Waals surface area contributed by atoms with Gasteiger partial charge in [0.15, 0.2) is 0 Å². The molecule has 2 aliphatic rings. The standard InChI is InChI=1S/C22H28N4O/c27-22(5-1-3-18-4-2-12-23-17-18)24-19-6-8-20(9-7-19)25-13-15-26(16-14-25)21-10-11-21/h2,4,6-9,12,17,21H,1,3,5,10-11,13-16H2,(H,24,27). The molecule has 1 saturated carbocycles. The Kier molecular flexibility index (Phi) is 5.68. The largest absolute Gasteiger partial charge is 0.369 e. The zero-order chi connectivity index (χ0) is 18.5. The predicted molar refractivity (Wildman–Crippen MR) is 109 cm³/mol. The molecule has 5 nitrogen and oxygen atoms in total. The van der Waals surface area contributed by atoms with Crippen molar-refractivity contribution < 1.29 is 4.79 Å². The van der Waals surface area contributed by atoms with Crippen LogP contribution in [0.5, 0.6) is 0 Å². The average Bonchev–Trinajstić information content (AvgIpc) is 3.55. The molecular formula is C22H28N4O. The normalized spacial score (nSPS) is 17.7. The fourth-order valence-corrected chi connectivity index (χ4v) is 3.76. The van der Waals surface area contributed by atoms with Gasteiger partial charge in [0.1, 0.15) is 0 Å². The van der Waals surface area contributed by atoms with Gasteiger partial charge in [0.2, 0.25) is 5.91 Å². The van der Waals surface area contributed by atoms with Crippen LogP contribution in [0.25, 0.3) is 0 Å². The van der Waals surface area contributed by atoms with E-state index in [1.165, 1.54) is 37.2 Å². The molecule has 1 aromatic carbocycles. The number of benzene rings is 1. The number of nitrogens with zero attached hydrogens (tertiary/aromatic N) is 3. The SMILES string of the molecule is O=C(CCCc1cccnc1)Nc1ccc(N2CCN(C3CC3)CC2)cc1. The molecule has 1 aromatic heterocycles. The van der Waals surface area contributed by atoms with E-state index >= 15 is 0 Å². The lowest BCUT2D eigenvalue weighted by molar-refractivity contribution is -0.116. The quantitative estimate of drug-likeness (QED) is 0.819. The van der Waals surface area contributed by atoms with Gasteiger partial charge in [0.25, 0.3) is 0 Å². The number of pyridine rings is 1. The summed E-state index contributed by atoms with van der Waals surface area (Å²) < 4.78 is 0. The van der Waals surface area contributed by atoms with Crippen molar-refractivity contribution in [2.45, 2.75) is 38.1 Å². The summed E-state index contributed by atoms with van der Waals surface area (Å²) in [5.74, 6) is 0.0738. The van der Waals surface area contributed by atoms with Gasteiger partial charge in [0.05, 0.1) is 0 Å². The summed E-state index contributed by atoms with van der Waals surface area (Å²) in [7, 11) is 0. The maximum Gasteiger partial charge on any atom is 0.224 e. The topological polar surface area (TPSA) is 48.5 Å². The molecule has 0 radical (unpaired) electrons. The number of carbonyl (C=O) groups excluding carboxylic acids is 1. The first kappa shape index (κ1) is 18.0. The first-order chi connectivity index (χ1) is 13.3. The van der Waals surface area contributed by atoms with Crippen molar-refractivity contribution >= 4 is 17.3 Å². The van der Waals surface area contributed by atoms with Gasteiger partial charge >= 0.3 is 0 Å². The van der Waals surface area contributed by atoms with E-state index in [1.807, 2.05) is 30.5 Å². The summed E-state index contributed by atoms with van der Waals surface area (Å²) in [6, 6.07) is 13.1. The van der Waals surface area contributed by atoms with Crippen LogP contribution in [0.2, 0.25) is 0 Å². The Morgan fingerprint density at radius 3 is 2.52 bits per heavy atom. The second-order valence-corrected chi connectivity index (χ2v) is 7.56. The maximum absolute atomic E-state index is 12.2. The fraction of sp³-hybridized carbons (Fsp3) is 0.455. The van der Waals surface area contributed by atoms with Crippen molar-refractivity contribution in [1.29, 1.82) is 0 Å². The fourth-order valence-electron chi connectivity index (χ4n) is 3.76. The Morgan fingerprint density at radius 2 is 1.85 bits per heavy atom. The van der Waals surface area contributed by atoms with Gasteiger partial charge in [-0.3, -0.25) is 14.7 Å². The van der Waals surface area contributed by atoms with Crippen LogP contribution in [0.3, 0.4) is 0 Å². The predicted octanol–water partition coefficient (Wildman–Crippen LogP) is 3.33. The number of anilines is 2. The highest BCUT2D eigenvalue weighted by Crippen LogP contribution is 2.28. The monoisotopic (exact) mass is 364 g/mol. The van der Waals surface area contributed by atoms with Crippen LogP contribution in [0.15, 0.2) is 48.8 Å². The van der Waals surface area contributed by atoms with Crippen molar-refractivity contribution in [3.8, 4) is 0 Å². The number of hydrogen-bond donors (Lipinski definition) is 1. The Bertz CT molecular complexity index is 735. The van der Waals surface area contributed by atoms with Crippen LogP contribution >= 0.6 is 0 Å². The molecule has 0 atom stereocenters. The number of aryl methyl sites for hydroxylation is 1. The molecule has 142 valence electrons. The van der Waals surface area contributed by atoms with E-state index in [1.54, 1.807) is 6.20 Å². The molecule has 1 N–H and O–H groups in total. The summed E-state index contributed by atoms with van der Waals surface area (Å²) >= 11 is 0. The molecule has 0 bridgehead atoms. The van der Waals surface area contributed by atoms with Crippen LogP contribution < -0.4 is 10.2 Å². The molecule has 5 heteroatoms. The first-order valence-corrected chi connectivity index (χ1v) is 10.1. The number of nitrogens with one attached hydrogen (secondary N) is 1. The van der Waals surface area contributed by atoms with Gasteiger partial charge in [0, 0.05) is 62.4 Å². The third kappa shape index (κ3) is 5.07. The zero-order valence-corrected chi connectivity index (χ0v) is 15.8. The number of carbonyl (C=O) groups is 1. The van der Waals surface area contributed by atoms with Gasteiger partial charge in [-0.1, -0.05) is 6.07 Å². The van der Waals surface area contributed by atoms with Gasteiger partial charge in [-0.2, -0.15) is 0 Å². The first-order valence-electron chi connectivity index (χ1n) is 10.1. The second kappa shape index (κ2) is 8.53. The van der Waals surface area contributed by atoms with Crippen molar-refractivity contribution in [1.82, 2.24) is 9.88 Å². The van der Waals surface area contributed by atoms with Crippen molar-refractivity contribution in [2.75, 3.05) is 36.4 Å². The summed E-state index contributed by atoms with van der Waals surface area (Å²) in [6.07, 6.45) is 8.65. The lowest BCUT2D eigenvalue weighted by Gasteiger charge is -2.36. The molecule has 0 spiro atoms. The van der Waals surface area contributed by atoms with E-state index in [-0.39, 0.29) is 5.91 Å². The molecule has 1 amide bonds. The Morgan fingerprint density at radius 1 is 1.07 bits per heavy atom. The van der Waals surface area contributed by atoms with E-state index in [0.717, 1.165) is 37.7 Å². The molecule has 1 aliphatic carbocycles. The molecular weight excluding hydrogens is 336 g/mol. The van der Waals surface area contributed by atoms with Gasteiger partial charge in [-0.15, -0.1) is 0 Å². The van der Waals surface area contributed by atoms with E-state index < -0.39 is 0 Å². The highest BCUT2D eigenvalue weighted by atomic mass is 16.1. The Labute approximate surface area is 161 Å². The van der Waals surface area contributed by atoms with Crippen LogP contribution in [-0.2, 0) is 11.2 Å². The summed E-state index contributed by atoms with van der Waals surface area (Å²) in [5.41, 5.74) is 3.30. The molecule has 2 heterocycles. The van der Waals surface area contributed by atoms with E-state index in [2.05, 4.69) is 32.2 Å². The third-order valence-corrected chi connectivity index (χ3v) is 5.49. The Hall–Kier alpha value is -2.40. The number of hydrogen-bond acceptors (Lipinski definition) is 4. The highest BCUT2D eigenvalue weighted by Gasteiger charge is 2.31. The summed E-state index contributed by atoms with van der Waals surface area (Å²) in [4.78, 5) is 21.3. The molecule has 4 rings (SSSR count). The Balaban J connectivity index is 1.21. The molecule has 1 saturated heterocycles. The number of piperazine rings is 1. The number of rotatable bonds is 7. The van der Waals surface area contributed by atoms with Gasteiger partial charge in [-0.25, -0.2) is 0 Å². The maximum atomic E-state index is 12.2. The van der Waals surface area contributed by atoms with E-state index in [9.17, 15) is 4.79 Å². The third-order valence-electron chi connectivity index (χ3n) is 5.49. The van der Waals surface area contributed by atoms with Crippen LogP contribution in [0, 0.1) is 0 Å². The van der Waals surface area contributed by atoms with Crippen molar-refractivity contribution in [2.24, 2.45) is 0 Å².